The van der Waals surface area contributed by atoms with Crippen LogP contribution >= 0.6 is 0 Å². The van der Waals surface area contributed by atoms with Crippen LogP contribution in [-0.4, -0.2) is 45.9 Å². The van der Waals surface area contributed by atoms with Crippen LogP contribution in [-0.2, 0) is 14.8 Å². The third kappa shape index (κ3) is 3.16. The van der Waals surface area contributed by atoms with Gasteiger partial charge in [0.05, 0.1) is 35.6 Å². The van der Waals surface area contributed by atoms with E-state index in [1.54, 1.807) is 6.07 Å². The van der Waals surface area contributed by atoms with E-state index in [2.05, 4.69) is 0 Å². The summed E-state index contributed by atoms with van der Waals surface area (Å²) in [6.07, 6.45) is -0.258. The smallest absolute Gasteiger partial charge is 0.238 e. The molecule has 1 aromatic carbocycles. The fraction of sp³-hybridized carbons (Fsp3) is 0.455. The summed E-state index contributed by atoms with van der Waals surface area (Å²) in [7, 11) is -3.75. The number of nitrogens with two attached hydrogens (primary N) is 2. The van der Waals surface area contributed by atoms with Gasteiger partial charge in [0, 0.05) is 13.1 Å². The zero-order valence-corrected chi connectivity index (χ0v) is 11.1. The molecule has 19 heavy (non-hydrogen) atoms. The van der Waals surface area contributed by atoms with E-state index < -0.39 is 10.0 Å². The lowest BCUT2D eigenvalue weighted by molar-refractivity contribution is 0.00360. The van der Waals surface area contributed by atoms with Gasteiger partial charge in [0.25, 0.3) is 0 Å². The van der Waals surface area contributed by atoms with Crippen molar-refractivity contribution in [2.45, 2.75) is 11.0 Å². The van der Waals surface area contributed by atoms with Gasteiger partial charge in [-0.15, -0.1) is 0 Å². The fourth-order valence-corrected chi connectivity index (χ4v) is 2.60. The number of primary sulfonamides is 1. The summed E-state index contributed by atoms with van der Waals surface area (Å²) in [6, 6.07) is 4.38. The molecule has 106 valence electrons. The highest BCUT2D eigenvalue weighted by atomic mass is 32.2. The van der Waals surface area contributed by atoms with Crippen LogP contribution in [0.2, 0.25) is 0 Å². The van der Waals surface area contributed by atoms with Gasteiger partial charge in [-0.2, -0.15) is 0 Å². The maximum atomic E-state index is 11.2. The summed E-state index contributed by atoms with van der Waals surface area (Å²) < 4.78 is 27.8. The highest BCUT2D eigenvalue weighted by Gasteiger charge is 2.22. The van der Waals surface area contributed by atoms with Crippen LogP contribution in [0.5, 0.6) is 0 Å². The Morgan fingerprint density at radius 2 is 2.21 bits per heavy atom. The Morgan fingerprint density at radius 1 is 1.47 bits per heavy atom. The topological polar surface area (TPSA) is 119 Å². The highest BCUT2D eigenvalue weighted by molar-refractivity contribution is 7.89. The largest absolute Gasteiger partial charge is 0.397 e. The molecular weight excluding hydrogens is 270 g/mol. The molecule has 1 atom stereocenters. The Morgan fingerprint density at radius 3 is 2.79 bits per heavy atom. The molecule has 1 aromatic rings. The predicted octanol–water partition coefficient (Wildman–Crippen LogP) is -0.886. The van der Waals surface area contributed by atoms with Crippen LogP contribution in [0.25, 0.3) is 0 Å². The van der Waals surface area contributed by atoms with Crippen molar-refractivity contribution in [3.05, 3.63) is 18.2 Å². The molecule has 5 N–H and O–H groups in total. The Balaban J connectivity index is 2.26. The third-order valence-corrected chi connectivity index (χ3v) is 3.92. The van der Waals surface area contributed by atoms with E-state index in [0.717, 1.165) is 0 Å². The second-order valence-corrected chi connectivity index (χ2v) is 5.95. The van der Waals surface area contributed by atoms with E-state index in [1.807, 2.05) is 4.90 Å². The lowest BCUT2D eigenvalue weighted by atomic mass is 10.2. The molecule has 1 unspecified atom stereocenters. The lowest BCUT2D eigenvalue weighted by Crippen LogP contribution is -2.44. The van der Waals surface area contributed by atoms with Crippen molar-refractivity contribution in [2.75, 3.05) is 36.9 Å². The van der Waals surface area contributed by atoms with Crippen molar-refractivity contribution >= 4 is 21.4 Å². The third-order valence-electron chi connectivity index (χ3n) is 3.01. The number of hydrogen-bond acceptors (Lipinski definition) is 6. The van der Waals surface area contributed by atoms with Gasteiger partial charge in [0.2, 0.25) is 10.0 Å². The number of aliphatic hydroxyl groups is 1. The SMILES string of the molecule is Nc1cc(S(N)(=O)=O)ccc1N1CCOC(CO)C1. The van der Waals surface area contributed by atoms with Gasteiger partial charge in [-0.1, -0.05) is 0 Å². The molecule has 1 aliphatic heterocycles. The van der Waals surface area contributed by atoms with E-state index in [4.69, 9.17) is 20.7 Å². The molecule has 0 bridgehead atoms. The number of aliphatic hydroxyl groups excluding tert-OH is 1. The number of ether oxygens (including phenoxy) is 1. The number of benzene rings is 1. The van der Waals surface area contributed by atoms with E-state index in [9.17, 15) is 8.42 Å². The normalized spacial score (nSPS) is 20.5. The molecule has 0 aromatic heterocycles. The van der Waals surface area contributed by atoms with Gasteiger partial charge in [-0.25, -0.2) is 13.6 Å². The van der Waals surface area contributed by atoms with Crippen LogP contribution < -0.4 is 15.8 Å². The first-order chi connectivity index (χ1) is 8.91. The summed E-state index contributed by atoms with van der Waals surface area (Å²) >= 11 is 0. The number of nitrogen functional groups attached to an aromatic ring is 1. The standard InChI is InChI=1S/C11H17N3O4S/c12-10-5-9(19(13,16)17)1-2-11(10)14-3-4-18-8(6-14)7-15/h1-2,5,8,15H,3-4,6-7,12H2,(H2,13,16,17). The molecule has 0 spiro atoms. The summed E-state index contributed by atoms with van der Waals surface area (Å²) in [5, 5.41) is 14.1. The number of morpholine rings is 1. The zero-order valence-electron chi connectivity index (χ0n) is 10.3. The Kier molecular flexibility index (Phi) is 3.95. The average Bonchev–Trinajstić information content (AvgIpc) is 2.37. The molecule has 7 nitrogen and oxygen atoms in total. The maximum Gasteiger partial charge on any atom is 0.238 e. The van der Waals surface area contributed by atoms with E-state index >= 15 is 0 Å². The number of anilines is 2. The van der Waals surface area contributed by atoms with Gasteiger partial charge >= 0.3 is 0 Å². The van der Waals surface area contributed by atoms with Crippen molar-refractivity contribution in [1.29, 1.82) is 0 Å². The molecule has 1 aliphatic rings. The molecular formula is C11H17N3O4S. The minimum Gasteiger partial charge on any atom is -0.397 e. The van der Waals surface area contributed by atoms with Gasteiger partial charge in [0.1, 0.15) is 0 Å². The summed E-state index contributed by atoms with van der Waals surface area (Å²) in [4.78, 5) is 1.94. The Hall–Kier alpha value is -1.35. The minimum atomic E-state index is -3.75. The van der Waals surface area contributed by atoms with Crippen LogP contribution in [0, 0.1) is 0 Å². The van der Waals surface area contributed by atoms with Crippen molar-refractivity contribution in [3.8, 4) is 0 Å². The molecule has 2 rings (SSSR count). The first-order valence-corrected chi connectivity index (χ1v) is 7.36. The molecule has 0 radical (unpaired) electrons. The molecule has 8 heteroatoms. The van der Waals surface area contributed by atoms with E-state index in [1.165, 1.54) is 12.1 Å². The second-order valence-electron chi connectivity index (χ2n) is 4.39. The number of nitrogens with zero attached hydrogens (tertiary/aromatic N) is 1. The van der Waals surface area contributed by atoms with E-state index in [0.29, 0.717) is 31.1 Å². The molecule has 0 saturated carbocycles. The highest BCUT2D eigenvalue weighted by Crippen LogP contribution is 2.27. The molecule has 0 aliphatic carbocycles. The number of hydrogen-bond donors (Lipinski definition) is 3. The van der Waals surface area contributed by atoms with Crippen molar-refractivity contribution in [1.82, 2.24) is 0 Å². The Labute approximate surface area is 111 Å². The Bertz CT molecular complexity index is 561. The molecule has 1 saturated heterocycles. The summed E-state index contributed by atoms with van der Waals surface area (Å²) in [5.41, 5.74) is 6.93. The summed E-state index contributed by atoms with van der Waals surface area (Å²) in [6.45, 7) is 1.57. The van der Waals surface area contributed by atoms with Gasteiger partial charge in [-0.05, 0) is 18.2 Å². The fourth-order valence-electron chi connectivity index (χ4n) is 2.05. The molecule has 1 fully saturated rings. The van der Waals surface area contributed by atoms with Crippen LogP contribution in [0.4, 0.5) is 11.4 Å². The van der Waals surface area contributed by atoms with Crippen LogP contribution in [0.1, 0.15) is 0 Å². The van der Waals surface area contributed by atoms with Gasteiger partial charge in [0.15, 0.2) is 0 Å². The first kappa shape index (κ1) is 14.1. The second kappa shape index (κ2) is 5.33. The quantitative estimate of drug-likeness (QED) is 0.621. The van der Waals surface area contributed by atoms with Crippen molar-refractivity contribution in [3.63, 3.8) is 0 Å². The average molecular weight is 287 g/mol. The van der Waals surface area contributed by atoms with E-state index in [-0.39, 0.29) is 17.6 Å². The maximum absolute atomic E-state index is 11.2. The zero-order chi connectivity index (χ0) is 14.0. The molecule has 0 amide bonds. The van der Waals surface area contributed by atoms with Gasteiger partial charge < -0.3 is 20.5 Å². The summed E-state index contributed by atoms with van der Waals surface area (Å²) in [5.74, 6) is 0. The number of rotatable bonds is 3. The van der Waals surface area contributed by atoms with Crippen LogP contribution in [0.3, 0.4) is 0 Å². The van der Waals surface area contributed by atoms with Gasteiger partial charge in [-0.3, -0.25) is 0 Å². The van der Waals surface area contributed by atoms with Crippen molar-refractivity contribution < 1.29 is 18.3 Å². The monoisotopic (exact) mass is 287 g/mol. The van der Waals surface area contributed by atoms with Crippen LogP contribution in [0.15, 0.2) is 23.1 Å². The molecule has 1 heterocycles. The lowest BCUT2D eigenvalue weighted by Gasteiger charge is -2.34. The first-order valence-electron chi connectivity index (χ1n) is 5.81. The number of sulfonamides is 1. The minimum absolute atomic E-state index is 0.0132. The predicted molar refractivity (Wildman–Crippen MR) is 71.3 cm³/mol. The van der Waals surface area contributed by atoms with Crippen molar-refractivity contribution in [2.24, 2.45) is 5.14 Å².